The third kappa shape index (κ3) is 4.79. The minimum Gasteiger partial charge on any atom is -0.508 e. The highest BCUT2D eigenvalue weighted by atomic mass is 16.6. The van der Waals surface area contributed by atoms with Crippen LogP contribution in [-0.4, -0.2) is 29.0 Å². The summed E-state index contributed by atoms with van der Waals surface area (Å²) < 4.78 is 0. The maximum atomic E-state index is 11.7. The van der Waals surface area contributed by atoms with Crippen molar-refractivity contribution in [2.45, 2.75) is 6.42 Å². The van der Waals surface area contributed by atoms with Gasteiger partial charge in [-0.15, -0.1) is 0 Å². The summed E-state index contributed by atoms with van der Waals surface area (Å²) in [6.45, 7) is 0.597. The summed E-state index contributed by atoms with van der Waals surface area (Å²) in [6.07, 6.45) is 5.96. The van der Waals surface area contributed by atoms with Gasteiger partial charge in [-0.1, -0.05) is 36.4 Å². The average molecular weight is 336 g/mol. The molecule has 1 aromatic heterocycles. The first-order valence-electron chi connectivity index (χ1n) is 8.12. The van der Waals surface area contributed by atoms with Gasteiger partial charge in [-0.25, -0.2) is 5.48 Å². The van der Waals surface area contributed by atoms with E-state index in [-0.39, 0.29) is 18.1 Å². The zero-order valence-electron chi connectivity index (χ0n) is 13.7. The fraction of sp³-hybridized carbons (Fsp3) is 0.150. The van der Waals surface area contributed by atoms with Gasteiger partial charge in [-0.2, -0.15) is 0 Å². The number of aromatic nitrogens is 1. The number of carbonyl (C=O) groups is 1. The lowest BCUT2D eigenvalue weighted by atomic mass is 10.1. The number of phenolic OH excluding ortho intramolecular Hbond substituents is 1. The molecule has 5 heteroatoms. The van der Waals surface area contributed by atoms with E-state index in [9.17, 15) is 9.90 Å². The van der Waals surface area contributed by atoms with E-state index >= 15 is 0 Å². The fourth-order valence-electron chi connectivity index (χ4n) is 2.54. The first-order chi connectivity index (χ1) is 12.2. The number of ketones is 1. The quantitative estimate of drug-likeness (QED) is 0.335. The number of aromatic amines is 1. The van der Waals surface area contributed by atoms with Crippen molar-refractivity contribution in [3.05, 3.63) is 71.9 Å². The molecule has 2 aromatic carbocycles. The first-order valence-corrected chi connectivity index (χ1v) is 8.12. The normalized spacial score (nSPS) is 11.4. The van der Waals surface area contributed by atoms with Crippen LogP contribution in [0.1, 0.15) is 11.1 Å². The van der Waals surface area contributed by atoms with Crippen molar-refractivity contribution in [3.8, 4) is 5.75 Å². The molecule has 0 aliphatic heterocycles. The van der Waals surface area contributed by atoms with Gasteiger partial charge in [-0.05, 0) is 41.8 Å². The standard InChI is InChI=1S/C20H20N2O3/c23-17-8-5-15(6-9-17)7-10-18(24)14-25-22-12-11-16-13-21-20-4-2-1-3-19(16)20/h1-10,13,21-23H,11-12,14H2/b10-7+. The Labute approximate surface area is 145 Å². The summed E-state index contributed by atoms with van der Waals surface area (Å²) in [5.74, 6) is 0.0684. The molecule has 0 aliphatic rings. The maximum absolute atomic E-state index is 11.7. The van der Waals surface area contributed by atoms with Crippen LogP contribution in [0, 0.1) is 0 Å². The number of hydrogen-bond acceptors (Lipinski definition) is 4. The van der Waals surface area contributed by atoms with Gasteiger partial charge in [0.05, 0.1) is 0 Å². The smallest absolute Gasteiger partial charge is 0.183 e. The molecule has 3 rings (SSSR count). The molecule has 128 valence electrons. The topological polar surface area (TPSA) is 74.3 Å². The van der Waals surface area contributed by atoms with Crippen molar-refractivity contribution in [2.24, 2.45) is 0 Å². The minimum absolute atomic E-state index is 0.0253. The highest BCUT2D eigenvalue weighted by Gasteiger charge is 2.02. The monoisotopic (exact) mass is 336 g/mol. The Morgan fingerprint density at radius 1 is 1.16 bits per heavy atom. The van der Waals surface area contributed by atoms with Crippen molar-refractivity contribution < 1.29 is 14.7 Å². The second kappa shape index (κ2) is 8.28. The summed E-state index contributed by atoms with van der Waals surface area (Å²) in [7, 11) is 0. The predicted octanol–water partition coefficient (Wildman–Crippen LogP) is 3.22. The van der Waals surface area contributed by atoms with Gasteiger partial charge < -0.3 is 10.1 Å². The van der Waals surface area contributed by atoms with Crippen LogP contribution in [0.4, 0.5) is 0 Å². The molecule has 3 aromatic rings. The molecule has 0 saturated heterocycles. The third-order valence-electron chi connectivity index (χ3n) is 3.84. The molecule has 0 bridgehead atoms. The van der Waals surface area contributed by atoms with Gasteiger partial charge >= 0.3 is 0 Å². The van der Waals surface area contributed by atoms with Crippen molar-refractivity contribution in [1.29, 1.82) is 0 Å². The van der Waals surface area contributed by atoms with E-state index in [0.29, 0.717) is 6.54 Å². The average Bonchev–Trinajstić information content (AvgIpc) is 3.04. The Hall–Kier alpha value is -2.89. The summed E-state index contributed by atoms with van der Waals surface area (Å²) in [5, 5.41) is 10.4. The lowest BCUT2D eigenvalue weighted by Gasteiger charge is -2.03. The largest absolute Gasteiger partial charge is 0.508 e. The van der Waals surface area contributed by atoms with Gasteiger partial charge in [0, 0.05) is 23.6 Å². The molecular weight excluding hydrogens is 316 g/mol. The summed E-state index contributed by atoms with van der Waals surface area (Å²) >= 11 is 0. The Morgan fingerprint density at radius 3 is 2.80 bits per heavy atom. The van der Waals surface area contributed by atoms with Gasteiger partial charge in [0.2, 0.25) is 0 Å². The Bertz CT molecular complexity index is 866. The second-order valence-electron chi connectivity index (χ2n) is 5.68. The van der Waals surface area contributed by atoms with Crippen LogP contribution in [0.25, 0.3) is 17.0 Å². The molecule has 0 amide bonds. The summed E-state index contributed by atoms with van der Waals surface area (Å²) in [6, 6.07) is 14.8. The molecule has 0 aliphatic carbocycles. The molecule has 0 saturated carbocycles. The number of hydroxylamine groups is 1. The molecule has 1 heterocycles. The highest BCUT2D eigenvalue weighted by Crippen LogP contribution is 2.17. The molecular formula is C20H20N2O3. The SMILES string of the molecule is O=C(/C=C/c1ccc(O)cc1)CONCCc1c[nH]c2ccccc12. The fourth-order valence-corrected chi connectivity index (χ4v) is 2.54. The minimum atomic E-state index is -0.132. The number of aromatic hydroxyl groups is 1. The number of para-hydroxylation sites is 1. The van der Waals surface area contributed by atoms with E-state index in [0.717, 1.165) is 17.5 Å². The van der Waals surface area contributed by atoms with Crippen LogP contribution in [-0.2, 0) is 16.1 Å². The van der Waals surface area contributed by atoms with Crippen LogP contribution >= 0.6 is 0 Å². The number of rotatable bonds is 8. The summed E-state index contributed by atoms with van der Waals surface area (Å²) in [4.78, 5) is 20.2. The van der Waals surface area contributed by atoms with Crippen molar-refractivity contribution in [3.63, 3.8) is 0 Å². The zero-order valence-corrected chi connectivity index (χ0v) is 13.7. The maximum Gasteiger partial charge on any atom is 0.183 e. The molecule has 0 spiro atoms. The zero-order chi connectivity index (χ0) is 17.5. The number of hydrogen-bond donors (Lipinski definition) is 3. The van der Waals surface area contributed by atoms with E-state index in [2.05, 4.69) is 16.5 Å². The molecule has 3 N–H and O–H groups in total. The van der Waals surface area contributed by atoms with Crippen LogP contribution in [0.2, 0.25) is 0 Å². The van der Waals surface area contributed by atoms with E-state index in [1.807, 2.05) is 24.4 Å². The van der Waals surface area contributed by atoms with Gasteiger partial charge in [0.1, 0.15) is 12.4 Å². The molecule has 25 heavy (non-hydrogen) atoms. The van der Waals surface area contributed by atoms with Crippen LogP contribution in [0.5, 0.6) is 5.75 Å². The van der Waals surface area contributed by atoms with Crippen molar-refractivity contribution in [1.82, 2.24) is 10.5 Å². The molecule has 0 fully saturated rings. The first kappa shape index (κ1) is 17.0. The van der Waals surface area contributed by atoms with E-state index < -0.39 is 0 Å². The number of carbonyl (C=O) groups excluding carboxylic acids is 1. The number of benzene rings is 2. The number of nitrogens with one attached hydrogen (secondary N) is 2. The predicted molar refractivity (Wildman–Crippen MR) is 98.1 cm³/mol. The van der Waals surface area contributed by atoms with E-state index in [4.69, 9.17) is 4.84 Å². The van der Waals surface area contributed by atoms with Crippen LogP contribution in [0.15, 0.2) is 60.8 Å². The van der Waals surface area contributed by atoms with Gasteiger partial charge in [-0.3, -0.25) is 9.63 Å². The molecule has 0 radical (unpaired) electrons. The van der Waals surface area contributed by atoms with Gasteiger partial charge in [0.25, 0.3) is 0 Å². The van der Waals surface area contributed by atoms with Crippen LogP contribution in [0.3, 0.4) is 0 Å². The number of H-pyrrole nitrogens is 1. The third-order valence-corrected chi connectivity index (χ3v) is 3.84. The Balaban J connectivity index is 1.38. The Kier molecular flexibility index (Phi) is 5.61. The molecule has 0 unspecified atom stereocenters. The number of fused-ring (bicyclic) bond motifs is 1. The second-order valence-corrected chi connectivity index (χ2v) is 5.68. The van der Waals surface area contributed by atoms with E-state index in [1.54, 1.807) is 30.3 Å². The molecule has 0 atom stereocenters. The Morgan fingerprint density at radius 2 is 1.96 bits per heavy atom. The summed E-state index contributed by atoms with van der Waals surface area (Å²) in [5.41, 5.74) is 6.00. The number of phenols is 1. The molecule has 5 nitrogen and oxygen atoms in total. The van der Waals surface area contributed by atoms with E-state index in [1.165, 1.54) is 17.0 Å². The van der Waals surface area contributed by atoms with Crippen molar-refractivity contribution in [2.75, 3.05) is 13.2 Å². The lowest BCUT2D eigenvalue weighted by molar-refractivity contribution is -0.121. The van der Waals surface area contributed by atoms with Crippen molar-refractivity contribution >= 4 is 22.8 Å². The van der Waals surface area contributed by atoms with Gasteiger partial charge in [0.15, 0.2) is 5.78 Å². The van der Waals surface area contributed by atoms with Crippen LogP contribution < -0.4 is 5.48 Å². The lowest BCUT2D eigenvalue weighted by Crippen LogP contribution is -2.21. The highest BCUT2D eigenvalue weighted by molar-refractivity contribution is 5.94.